The van der Waals surface area contributed by atoms with Crippen molar-refractivity contribution in [1.29, 1.82) is 0 Å². The molecule has 3 atom stereocenters. The molecule has 0 aromatic heterocycles. The second-order valence-electron chi connectivity index (χ2n) is 8.09. The predicted octanol–water partition coefficient (Wildman–Crippen LogP) is 5.07. The highest BCUT2D eigenvalue weighted by molar-refractivity contribution is 5.85. The van der Waals surface area contributed by atoms with Crippen molar-refractivity contribution in [3.05, 3.63) is 95.1 Å². The Bertz CT molecular complexity index is 1070. The van der Waals surface area contributed by atoms with Crippen LogP contribution in [0, 0.1) is 0 Å². The number of hydrogen-bond donors (Lipinski definition) is 3. The van der Waals surface area contributed by atoms with Crippen LogP contribution in [0.15, 0.2) is 72.8 Å². The molecule has 0 saturated heterocycles. The number of ether oxygens (including phenoxy) is 2. The van der Waals surface area contributed by atoms with Gasteiger partial charge in [-0.15, -0.1) is 12.4 Å². The van der Waals surface area contributed by atoms with Crippen molar-refractivity contribution in [3.8, 4) is 11.5 Å². The Labute approximate surface area is 208 Å². The molecule has 0 radical (unpaired) electrons. The zero-order chi connectivity index (χ0) is 24.7. The van der Waals surface area contributed by atoms with Gasteiger partial charge >= 0.3 is 6.18 Å². The number of benzene rings is 3. The highest BCUT2D eigenvalue weighted by Gasteiger charge is 2.36. The fourth-order valence-electron chi connectivity index (χ4n) is 3.48. The van der Waals surface area contributed by atoms with Gasteiger partial charge in [0.2, 0.25) is 0 Å². The Balaban J connectivity index is 0.00000432. The third-order valence-electron chi connectivity index (χ3n) is 5.54. The summed E-state index contributed by atoms with van der Waals surface area (Å²) in [5.74, 6) is -0.449. The van der Waals surface area contributed by atoms with E-state index < -0.39 is 36.4 Å². The summed E-state index contributed by atoms with van der Waals surface area (Å²) in [6.07, 6.45) is -5.85. The van der Waals surface area contributed by atoms with Crippen molar-refractivity contribution in [2.24, 2.45) is 5.73 Å². The van der Waals surface area contributed by atoms with E-state index in [1.807, 2.05) is 30.3 Å². The molecule has 0 aliphatic heterocycles. The molecule has 9 heteroatoms. The van der Waals surface area contributed by atoms with E-state index >= 15 is 0 Å². The molecule has 190 valence electrons. The van der Waals surface area contributed by atoms with Gasteiger partial charge in [-0.2, -0.15) is 13.2 Å². The summed E-state index contributed by atoms with van der Waals surface area (Å²) in [7, 11) is 0. The lowest BCUT2D eigenvalue weighted by atomic mass is 9.90. The third kappa shape index (κ3) is 7.86. The maximum absolute atomic E-state index is 13.7. The molecule has 0 aliphatic rings. The Morgan fingerprint density at radius 2 is 1.54 bits per heavy atom. The first-order valence-electron chi connectivity index (χ1n) is 10.8. The topological polar surface area (TPSA) is 84.9 Å². The molecule has 0 aliphatic carbocycles. The first-order chi connectivity index (χ1) is 16.2. The standard InChI is InChI=1S/C26H28F3NO4.ClH/c1-17(25(32)23(30)14-31)20-10-11-24(22(13-20)26(27,28)29)34-16-19-8-5-9-21(12-19)33-15-18-6-3-2-4-7-18;/h2-13,17,23,25,31-32H,14-16,30H2,1H3;1H. The molecule has 0 amide bonds. The first kappa shape index (κ1) is 28.5. The Morgan fingerprint density at radius 3 is 2.20 bits per heavy atom. The Morgan fingerprint density at radius 1 is 0.886 bits per heavy atom. The van der Waals surface area contributed by atoms with Crippen molar-refractivity contribution in [2.45, 2.75) is 44.4 Å². The second-order valence-corrected chi connectivity index (χ2v) is 8.09. The summed E-state index contributed by atoms with van der Waals surface area (Å²) in [6, 6.07) is 19.3. The van der Waals surface area contributed by atoms with E-state index in [1.54, 1.807) is 31.2 Å². The van der Waals surface area contributed by atoms with Gasteiger partial charge in [0, 0.05) is 5.92 Å². The van der Waals surface area contributed by atoms with Crippen LogP contribution in [-0.2, 0) is 19.4 Å². The molecule has 3 rings (SSSR count). The third-order valence-corrected chi connectivity index (χ3v) is 5.54. The van der Waals surface area contributed by atoms with Crippen LogP contribution < -0.4 is 15.2 Å². The van der Waals surface area contributed by atoms with Crippen molar-refractivity contribution in [2.75, 3.05) is 6.61 Å². The summed E-state index contributed by atoms with van der Waals surface area (Å²) in [5.41, 5.74) is 6.58. The lowest BCUT2D eigenvalue weighted by Crippen LogP contribution is -2.41. The normalized spacial score (nSPS) is 13.9. The van der Waals surface area contributed by atoms with Crippen LogP contribution in [0.1, 0.15) is 35.1 Å². The minimum atomic E-state index is -4.66. The van der Waals surface area contributed by atoms with Crippen molar-refractivity contribution in [1.82, 2.24) is 0 Å². The van der Waals surface area contributed by atoms with E-state index in [-0.39, 0.29) is 30.3 Å². The summed E-state index contributed by atoms with van der Waals surface area (Å²) in [6.45, 7) is 1.36. The number of aliphatic hydroxyl groups excluding tert-OH is 2. The highest BCUT2D eigenvalue weighted by atomic mass is 35.5. The van der Waals surface area contributed by atoms with Crippen LogP contribution in [0.25, 0.3) is 0 Å². The molecule has 3 aromatic carbocycles. The van der Waals surface area contributed by atoms with E-state index in [1.165, 1.54) is 12.1 Å². The van der Waals surface area contributed by atoms with E-state index in [0.29, 0.717) is 17.9 Å². The van der Waals surface area contributed by atoms with E-state index in [0.717, 1.165) is 11.6 Å². The quantitative estimate of drug-likeness (QED) is 0.354. The molecule has 0 heterocycles. The summed E-state index contributed by atoms with van der Waals surface area (Å²) < 4.78 is 52.5. The van der Waals surface area contributed by atoms with Crippen LogP contribution in [0.5, 0.6) is 11.5 Å². The lowest BCUT2D eigenvalue weighted by Gasteiger charge is -2.25. The van der Waals surface area contributed by atoms with Crippen LogP contribution in [0.2, 0.25) is 0 Å². The smallest absolute Gasteiger partial charge is 0.419 e. The van der Waals surface area contributed by atoms with E-state index in [2.05, 4.69) is 0 Å². The fraction of sp³-hybridized carbons (Fsp3) is 0.308. The van der Waals surface area contributed by atoms with Gasteiger partial charge in [-0.25, -0.2) is 0 Å². The van der Waals surface area contributed by atoms with Gasteiger partial charge in [0.05, 0.1) is 24.3 Å². The molecule has 5 nitrogen and oxygen atoms in total. The second kappa shape index (κ2) is 12.8. The van der Waals surface area contributed by atoms with Gasteiger partial charge in [0.25, 0.3) is 0 Å². The van der Waals surface area contributed by atoms with Crippen LogP contribution in [0.4, 0.5) is 13.2 Å². The molecule has 3 aromatic rings. The maximum Gasteiger partial charge on any atom is 0.419 e. The van der Waals surface area contributed by atoms with Gasteiger partial charge < -0.3 is 25.4 Å². The van der Waals surface area contributed by atoms with Crippen molar-refractivity contribution >= 4 is 12.4 Å². The fourth-order valence-corrected chi connectivity index (χ4v) is 3.48. The molecular formula is C26H29ClF3NO4. The van der Waals surface area contributed by atoms with Gasteiger partial charge in [-0.3, -0.25) is 0 Å². The number of rotatable bonds is 10. The summed E-state index contributed by atoms with van der Waals surface area (Å²) in [5, 5.41) is 19.3. The number of hydrogen-bond acceptors (Lipinski definition) is 5. The largest absolute Gasteiger partial charge is 0.489 e. The van der Waals surface area contributed by atoms with Gasteiger partial charge in [0.15, 0.2) is 0 Å². The maximum atomic E-state index is 13.7. The average Bonchev–Trinajstić information content (AvgIpc) is 2.85. The molecule has 4 N–H and O–H groups in total. The molecular weight excluding hydrogens is 483 g/mol. The Kier molecular flexibility index (Phi) is 10.4. The minimum Gasteiger partial charge on any atom is -0.489 e. The molecule has 0 saturated carbocycles. The number of nitrogens with two attached hydrogens (primary N) is 1. The summed E-state index contributed by atoms with van der Waals surface area (Å²) >= 11 is 0. The number of halogens is 4. The minimum absolute atomic E-state index is 0. The average molecular weight is 512 g/mol. The molecule has 3 unspecified atom stereocenters. The molecule has 0 spiro atoms. The zero-order valence-corrected chi connectivity index (χ0v) is 19.9. The number of alkyl halides is 3. The SMILES string of the molecule is CC(c1ccc(OCc2cccc(OCc3ccccc3)c2)c(C(F)(F)F)c1)C(O)C(N)CO.Cl. The summed E-state index contributed by atoms with van der Waals surface area (Å²) in [4.78, 5) is 0. The highest BCUT2D eigenvalue weighted by Crippen LogP contribution is 2.39. The van der Waals surface area contributed by atoms with Gasteiger partial charge in [-0.1, -0.05) is 55.5 Å². The molecule has 35 heavy (non-hydrogen) atoms. The van der Waals surface area contributed by atoms with E-state index in [4.69, 9.17) is 20.3 Å². The van der Waals surface area contributed by atoms with Crippen molar-refractivity contribution < 1.29 is 32.9 Å². The Hall–Kier alpha value is -2.78. The molecule has 0 fully saturated rings. The van der Waals surface area contributed by atoms with E-state index in [9.17, 15) is 18.3 Å². The van der Waals surface area contributed by atoms with Crippen LogP contribution in [0.3, 0.4) is 0 Å². The van der Waals surface area contributed by atoms with Crippen molar-refractivity contribution in [3.63, 3.8) is 0 Å². The van der Waals surface area contributed by atoms with Gasteiger partial charge in [0.1, 0.15) is 24.7 Å². The predicted molar refractivity (Wildman–Crippen MR) is 130 cm³/mol. The first-order valence-corrected chi connectivity index (χ1v) is 10.8. The van der Waals surface area contributed by atoms with Gasteiger partial charge in [-0.05, 0) is 41.0 Å². The van der Waals surface area contributed by atoms with Crippen LogP contribution >= 0.6 is 12.4 Å². The van der Waals surface area contributed by atoms with Crippen LogP contribution in [-0.4, -0.2) is 29.0 Å². The monoisotopic (exact) mass is 511 g/mol. The molecule has 0 bridgehead atoms. The number of aliphatic hydroxyl groups is 2. The lowest BCUT2D eigenvalue weighted by molar-refractivity contribution is -0.139. The zero-order valence-electron chi connectivity index (χ0n) is 19.1.